The average Bonchev–Trinajstić information content (AvgIpc) is 3.13. The molecule has 1 heterocycles. The minimum absolute atomic E-state index is 0.169. The van der Waals surface area contributed by atoms with Gasteiger partial charge in [-0.05, 0) is 37.8 Å². The van der Waals surface area contributed by atoms with Gasteiger partial charge in [0.25, 0.3) is 0 Å². The Morgan fingerprint density at radius 3 is 3.06 bits per heavy atom. The lowest BCUT2D eigenvalue weighted by Crippen LogP contribution is -2.13. The van der Waals surface area contributed by atoms with Gasteiger partial charge in [0, 0.05) is 6.04 Å². The number of nitrogens with two attached hydrogens (primary N) is 1. The van der Waals surface area contributed by atoms with Crippen LogP contribution in [0.3, 0.4) is 0 Å². The highest BCUT2D eigenvalue weighted by atomic mass is 16.5. The summed E-state index contributed by atoms with van der Waals surface area (Å²) < 4.78 is 5.61. The molecular formula is C13H19N3O. The van der Waals surface area contributed by atoms with E-state index in [2.05, 4.69) is 16.9 Å². The Kier molecular flexibility index (Phi) is 3.52. The molecular weight excluding hydrogens is 214 g/mol. The molecule has 0 aliphatic heterocycles. The van der Waals surface area contributed by atoms with E-state index in [0.29, 0.717) is 17.5 Å². The number of ether oxygens (including phenoxy) is 1. The molecule has 0 saturated heterocycles. The molecule has 1 unspecified atom stereocenters. The van der Waals surface area contributed by atoms with Crippen molar-refractivity contribution in [2.75, 3.05) is 17.7 Å². The standard InChI is InChI=1S/C13H19N3O/c1-3-9(2)15-12-7-6-11(14)13(16-12)17-8-10-4-5-10/h3,6-7,9-10H,1,4-5,8,14H2,2H3,(H,15,16). The second-order valence-electron chi connectivity index (χ2n) is 4.51. The van der Waals surface area contributed by atoms with Gasteiger partial charge < -0.3 is 15.8 Å². The van der Waals surface area contributed by atoms with Gasteiger partial charge >= 0.3 is 0 Å². The first-order valence-corrected chi connectivity index (χ1v) is 5.97. The van der Waals surface area contributed by atoms with E-state index in [1.54, 1.807) is 0 Å². The lowest BCUT2D eigenvalue weighted by Gasteiger charge is -2.12. The van der Waals surface area contributed by atoms with Gasteiger partial charge in [-0.15, -0.1) is 6.58 Å². The Bertz CT molecular complexity index is 402. The number of hydrogen-bond donors (Lipinski definition) is 2. The number of rotatable bonds is 6. The number of nitrogens with zero attached hydrogens (tertiary/aromatic N) is 1. The van der Waals surface area contributed by atoms with Crippen LogP contribution in [0, 0.1) is 5.92 Å². The van der Waals surface area contributed by atoms with Gasteiger partial charge in [0.05, 0.1) is 12.3 Å². The van der Waals surface area contributed by atoms with Crippen molar-refractivity contribution >= 4 is 11.5 Å². The van der Waals surface area contributed by atoms with Crippen LogP contribution in [0.25, 0.3) is 0 Å². The number of pyridine rings is 1. The van der Waals surface area contributed by atoms with Crippen LogP contribution in [0.5, 0.6) is 5.88 Å². The van der Waals surface area contributed by atoms with Gasteiger partial charge in [-0.25, -0.2) is 0 Å². The molecule has 92 valence electrons. The predicted octanol–water partition coefficient (Wildman–Crippen LogP) is 2.44. The first kappa shape index (κ1) is 11.8. The second-order valence-corrected chi connectivity index (χ2v) is 4.51. The summed E-state index contributed by atoms with van der Waals surface area (Å²) in [5.41, 5.74) is 6.41. The van der Waals surface area contributed by atoms with E-state index in [-0.39, 0.29) is 6.04 Å². The Morgan fingerprint density at radius 1 is 1.65 bits per heavy atom. The molecule has 0 spiro atoms. The summed E-state index contributed by atoms with van der Waals surface area (Å²) in [4.78, 5) is 4.35. The minimum atomic E-state index is 0.169. The van der Waals surface area contributed by atoms with E-state index in [1.807, 2.05) is 25.1 Å². The van der Waals surface area contributed by atoms with Crippen molar-refractivity contribution in [2.45, 2.75) is 25.8 Å². The highest BCUT2D eigenvalue weighted by Gasteiger charge is 2.22. The normalized spacial score (nSPS) is 16.3. The Hall–Kier alpha value is -1.71. The SMILES string of the molecule is C=CC(C)Nc1ccc(N)c(OCC2CC2)n1. The Balaban J connectivity index is 2.01. The van der Waals surface area contributed by atoms with E-state index in [4.69, 9.17) is 10.5 Å². The number of hydrogen-bond acceptors (Lipinski definition) is 4. The van der Waals surface area contributed by atoms with E-state index < -0.39 is 0 Å². The van der Waals surface area contributed by atoms with Gasteiger partial charge in [-0.3, -0.25) is 0 Å². The molecule has 3 N–H and O–H groups in total. The van der Waals surface area contributed by atoms with Gasteiger partial charge in [0.2, 0.25) is 5.88 Å². The fourth-order valence-corrected chi connectivity index (χ4v) is 1.42. The van der Waals surface area contributed by atoms with E-state index >= 15 is 0 Å². The summed E-state index contributed by atoms with van der Waals surface area (Å²) in [6.45, 7) is 6.45. The van der Waals surface area contributed by atoms with Crippen molar-refractivity contribution in [1.82, 2.24) is 4.98 Å². The number of aromatic nitrogens is 1. The van der Waals surface area contributed by atoms with E-state index in [9.17, 15) is 0 Å². The van der Waals surface area contributed by atoms with Crippen LogP contribution in [0.2, 0.25) is 0 Å². The van der Waals surface area contributed by atoms with Crippen LogP contribution in [-0.2, 0) is 0 Å². The van der Waals surface area contributed by atoms with E-state index in [0.717, 1.165) is 12.4 Å². The van der Waals surface area contributed by atoms with Gasteiger partial charge in [0.15, 0.2) is 0 Å². The lowest BCUT2D eigenvalue weighted by molar-refractivity contribution is 0.290. The van der Waals surface area contributed by atoms with Crippen molar-refractivity contribution in [3.8, 4) is 5.88 Å². The molecule has 1 atom stereocenters. The largest absolute Gasteiger partial charge is 0.476 e. The third-order valence-corrected chi connectivity index (χ3v) is 2.77. The maximum absolute atomic E-state index is 5.82. The number of nitrogens with one attached hydrogen (secondary N) is 1. The van der Waals surface area contributed by atoms with Crippen molar-refractivity contribution in [2.24, 2.45) is 5.92 Å². The third-order valence-electron chi connectivity index (χ3n) is 2.77. The minimum Gasteiger partial charge on any atom is -0.476 e. The maximum Gasteiger partial charge on any atom is 0.239 e. The van der Waals surface area contributed by atoms with Gasteiger partial charge in [-0.2, -0.15) is 4.98 Å². The molecule has 4 nitrogen and oxygen atoms in total. The summed E-state index contributed by atoms with van der Waals surface area (Å²) in [6, 6.07) is 3.83. The zero-order valence-electron chi connectivity index (χ0n) is 10.1. The zero-order chi connectivity index (χ0) is 12.3. The summed E-state index contributed by atoms with van der Waals surface area (Å²) in [7, 11) is 0. The number of anilines is 2. The summed E-state index contributed by atoms with van der Waals surface area (Å²) in [6.07, 6.45) is 4.33. The Labute approximate surface area is 102 Å². The van der Waals surface area contributed by atoms with Crippen LogP contribution in [-0.4, -0.2) is 17.6 Å². The molecule has 0 aromatic carbocycles. The number of nitrogen functional groups attached to an aromatic ring is 1. The average molecular weight is 233 g/mol. The first-order valence-electron chi connectivity index (χ1n) is 5.97. The van der Waals surface area contributed by atoms with Crippen LogP contribution in [0.4, 0.5) is 11.5 Å². The monoisotopic (exact) mass is 233 g/mol. The smallest absolute Gasteiger partial charge is 0.239 e. The molecule has 1 aromatic rings. The molecule has 17 heavy (non-hydrogen) atoms. The molecule has 4 heteroatoms. The van der Waals surface area contributed by atoms with Crippen molar-refractivity contribution in [1.29, 1.82) is 0 Å². The Morgan fingerprint density at radius 2 is 2.41 bits per heavy atom. The van der Waals surface area contributed by atoms with Gasteiger partial charge in [0.1, 0.15) is 5.82 Å². The van der Waals surface area contributed by atoms with Crippen LogP contribution in [0.15, 0.2) is 24.8 Å². The molecule has 1 aliphatic rings. The van der Waals surface area contributed by atoms with Crippen LogP contribution < -0.4 is 15.8 Å². The van der Waals surface area contributed by atoms with Crippen LogP contribution >= 0.6 is 0 Å². The van der Waals surface area contributed by atoms with Crippen LogP contribution in [0.1, 0.15) is 19.8 Å². The first-order chi connectivity index (χ1) is 8.19. The molecule has 1 aliphatic carbocycles. The van der Waals surface area contributed by atoms with Gasteiger partial charge in [-0.1, -0.05) is 6.08 Å². The third kappa shape index (κ3) is 3.37. The summed E-state index contributed by atoms with van der Waals surface area (Å²) in [5, 5.41) is 3.20. The molecule has 0 amide bonds. The fourth-order valence-electron chi connectivity index (χ4n) is 1.42. The topological polar surface area (TPSA) is 60.2 Å². The molecule has 0 radical (unpaired) electrons. The molecule has 1 saturated carbocycles. The molecule has 2 rings (SSSR count). The second kappa shape index (κ2) is 5.08. The molecule has 1 fully saturated rings. The lowest BCUT2D eigenvalue weighted by atomic mass is 10.3. The van der Waals surface area contributed by atoms with Crippen molar-refractivity contribution < 1.29 is 4.74 Å². The zero-order valence-corrected chi connectivity index (χ0v) is 10.1. The van der Waals surface area contributed by atoms with E-state index in [1.165, 1.54) is 12.8 Å². The summed E-state index contributed by atoms with van der Waals surface area (Å²) >= 11 is 0. The summed E-state index contributed by atoms with van der Waals surface area (Å²) in [5.74, 6) is 1.98. The predicted molar refractivity (Wildman–Crippen MR) is 70.2 cm³/mol. The highest BCUT2D eigenvalue weighted by Crippen LogP contribution is 2.30. The maximum atomic E-state index is 5.82. The molecule has 0 bridgehead atoms. The highest BCUT2D eigenvalue weighted by molar-refractivity contribution is 5.54. The molecule has 1 aromatic heterocycles. The fraction of sp³-hybridized carbons (Fsp3) is 0.462. The van der Waals surface area contributed by atoms with Crippen molar-refractivity contribution in [3.05, 3.63) is 24.8 Å². The van der Waals surface area contributed by atoms with Crippen molar-refractivity contribution in [3.63, 3.8) is 0 Å². The quantitative estimate of drug-likeness (QED) is 0.741.